The number of aliphatic carboxylic acids is 1. The van der Waals surface area contributed by atoms with Crippen molar-refractivity contribution in [2.45, 2.75) is 18.3 Å². The van der Waals surface area contributed by atoms with Gasteiger partial charge in [-0.3, -0.25) is 14.5 Å². The number of carboxylic acid groups (broad SMARTS) is 1. The number of thioether (sulfide) groups is 1. The van der Waals surface area contributed by atoms with Crippen molar-refractivity contribution in [3.05, 3.63) is 35.0 Å². The zero-order valence-electron chi connectivity index (χ0n) is 15.2. The fourth-order valence-corrected chi connectivity index (χ4v) is 4.51. The van der Waals surface area contributed by atoms with E-state index in [2.05, 4.69) is 22.0 Å². The number of thiazole rings is 1. The molecule has 13 heteroatoms. The van der Waals surface area contributed by atoms with Crippen molar-refractivity contribution >= 4 is 51.7 Å². The molecule has 6 N–H and O–H groups in total. The van der Waals surface area contributed by atoms with Gasteiger partial charge >= 0.3 is 5.97 Å². The summed E-state index contributed by atoms with van der Waals surface area (Å²) >= 11 is 2.37. The van der Waals surface area contributed by atoms with Crippen LogP contribution in [0.5, 0.6) is 0 Å². The number of allylic oxidation sites excluding steroid dienone is 1. The summed E-state index contributed by atoms with van der Waals surface area (Å²) in [6, 6.07) is -0.944. The van der Waals surface area contributed by atoms with Gasteiger partial charge in [0.25, 0.3) is 11.8 Å². The fourth-order valence-electron chi connectivity index (χ4n) is 2.62. The molecule has 156 valence electrons. The molecule has 2 atom stereocenters. The number of carboxylic acids is 1. The maximum Gasteiger partial charge on any atom is 0.352 e. The van der Waals surface area contributed by atoms with Crippen LogP contribution in [0.1, 0.15) is 12.6 Å². The lowest BCUT2D eigenvalue weighted by Gasteiger charge is -2.49. The topological polar surface area (TPSA) is 178 Å². The zero-order valence-corrected chi connectivity index (χ0v) is 16.9. The molecule has 0 unspecified atom stereocenters. The van der Waals surface area contributed by atoms with Crippen molar-refractivity contribution in [2.75, 3.05) is 18.1 Å². The number of nitrogen functional groups attached to an aromatic ring is 1. The number of β-lactam (4-membered cyclic amide) rings is 1. The number of nitrogens with one attached hydrogen (secondary N) is 1. The lowest BCUT2D eigenvalue weighted by atomic mass is 10.0. The first-order valence-electron chi connectivity index (χ1n) is 8.19. The Bertz CT molecular complexity index is 896. The van der Waals surface area contributed by atoms with Crippen molar-refractivity contribution in [1.29, 1.82) is 0 Å². The van der Waals surface area contributed by atoms with E-state index in [9.17, 15) is 19.5 Å². The van der Waals surface area contributed by atoms with Crippen molar-refractivity contribution < 1.29 is 29.8 Å². The number of nitrogens with two attached hydrogens (primary N) is 1. The molecule has 0 spiro atoms. The van der Waals surface area contributed by atoms with Gasteiger partial charge in [0, 0.05) is 17.7 Å². The average Bonchev–Trinajstić information content (AvgIpc) is 3.11. The van der Waals surface area contributed by atoms with Crippen LogP contribution in [0.25, 0.3) is 0 Å². The Hall–Kier alpha value is -2.90. The van der Waals surface area contributed by atoms with Crippen molar-refractivity contribution in [3.8, 4) is 0 Å². The predicted octanol–water partition coefficient (Wildman–Crippen LogP) is -0.173. The van der Waals surface area contributed by atoms with E-state index in [1.165, 1.54) is 23.2 Å². The smallest absolute Gasteiger partial charge is 0.352 e. The predicted molar refractivity (Wildman–Crippen MR) is 107 cm³/mol. The summed E-state index contributed by atoms with van der Waals surface area (Å²) in [6.07, 6.45) is 1.40. The molecule has 1 saturated heterocycles. The number of amides is 2. The number of aliphatic hydroxyl groups excluding tert-OH is 1. The molecule has 2 aliphatic heterocycles. The second-order valence-corrected chi connectivity index (χ2v) is 7.57. The third-order valence-corrected chi connectivity index (χ3v) is 5.79. The van der Waals surface area contributed by atoms with Crippen molar-refractivity contribution in [3.63, 3.8) is 0 Å². The lowest BCUT2D eigenvalue weighted by molar-refractivity contribution is -0.150. The highest BCUT2D eigenvalue weighted by molar-refractivity contribution is 8.00. The van der Waals surface area contributed by atoms with Crippen LogP contribution >= 0.6 is 23.1 Å². The minimum atomic E-state index is -1.24. The van der Waals surface area contributed by atoms with Crippen LogP contribution < -0.4 is 11.1 Å². The number of carbonyl (C=O) groups is 3. The standard InChI is InChI=1S/C14H13N5O5S2.C2H6O/c1-2-5-3-25-12-8(11(21)19(12)9(5)13(22)23)17-10(20)7(18-24)6-4-26-14(15)16-6;1-2-3/h2,4,8,12,24H,1,3H2,(H2,15,16)(H,17,20)(H,22,23);3H,2H2,1H3/t8-,12-;/m1./s1. The lowest BCUT2D eigenvalue weighted by Crippen LogP contribution is -2.71. The van der Waals surface area contributed by atoms with E-state index in [0.717, 1.165) is 16.2 Å². The van der Waals surface area contributed by atoms with Gasteiger partial charge in [-0.05, 0) is 12.5 Å². The summed E-state index contributed by atoms with van der Waals surface area (Å²) in [5.41, 5.74) is 5.49. The first-order valence-corrected chi connectivity index (χ1v) is 10.1. The van der Waals surface area contributed by atoms with Gasteiger partial charge in [0.2, 0.25) is 0 Å². The van der Waals surface area contributed by atoms with Gasteiger partial charge in [-0.15, -0.1) is 23.1 Å². The zero-order chi connectivity index (χ0) is 21.7. The number of aromatic nitrogens is 1. The maximum absolute atomic E-state index is 12.4. The van der Waals surface area contributed by atoms with E-state index in [4.69, 9.17) is 16.0 Å². The number of nitrogens with zero attached hydrogens (tertiary/aromatic N) is 3. The molecule has 0 radical (unpaired) electrons. The van der Waals surface area contributed by atoms with E-state index in [1.54, 1.807) is 6.92 Å². The van der Waals surface area contributed by atoms with Gasteiger partial charge in [-0.25, -0.2) is 9.78 Å². The molecule has 2 amide bonds. The quantitative estimate of drug-likeness (QED) is 0.179. The number of fused-ring (bicyclic) bond motifs is 1. The molecule has 0 bridgehead atoms. The number of rotatable bonds is 5. The average molecular weight is 441 g/mol. The highest BCUT2D eigenvalue weighted by Crippen LogP contribution is 2.40. The Morgan fingerprint density at radius 1 is 1.55 bits per heavy atom. The van der Waals surface area contributed by atoms with Gasteiger partial charge in [-0.2, -0.15) is 0 Å². The van der Waals surface area contributed by atoms with Crippen LogP contribution in [0.4, 0.5) is 5.13 Å². The molecule has 0 aliphatic carbocycles. The molecule has 3 heterocycles. The molecule has 3 rings (SSSR count). The molecule has 0 saturated carbocycles. The SMILES string of the molecule is C=CC1=C(C(=O)O)N2C(=O)[C@@H](NC(=O)C(=NO)c3csc(N)n3)[C@H]2SC1.CCO. The van der Waals surface area contributed by atoms with Gasteiger partial charge in [0.05, 0.1) is 0 Å². The van der Waals surface area contributed by atoms with Crippen LogP contribution in [-0.2, 0) is 14.4 Å². The second-order valence-electron chi connectivity index (χ2n) is 5.58. The number of hydrogen-bond donors (Lipinski definition) is 5. The van der Waals surface area contributed by atoms with Crippen molar-refractivity contribution in [2.24, 2.45) is 5.16 Å². The normalized spacial score (nSPS) is 20.8. The summed E-state index contributed by atoms with van der Waals surface area (Å²) in [5.74, 6) is -2.27. The van der Waals surface area contributed by atoms with Crippen molar-refractivity contribution in [1.82, 2.24) is 15.2 Å². The van der Waals surface area contributed by atoms with E-state index < -0.39 is 29.2 Å². The maximum atomic E-state index is 12.4. The Kier molecular flexibility index (Phi) is 7.36. The molecular formula is C16H19N5O6S2. The molecule has 1 aromatic heterocycles. The Labute approximate surface area is 173 Å². The molecule has 0 aromatic carbocycles. The van der Waals surface area contributed by atoms with Crippen LogP contribution in [0.15, 0.2) is 34.5 Å². The third kappa shape index (κ3) is 4.41. The summed E-state index contributed by atoms with van der Waals surface area (Å²) in [4.78, 5) is 41.2. The Balaban J connectivity index is 0.000000941. The number of carbonyl (C=O) groups excluding carboxylic acids is 2. The van der Waals surface area contributed by atoms with Gasteiger partial charge in [0.1, 0.15) is 22.8 Å². The number of aliphatic hydroxyl groups is 1. The Morgan fingerprint density at radius 2 is 2.21 bits per heavy atom. The minimum Gasteiger partial charge on any atom is -0.477 e. The van der Waals surface area contributed by atoms with Crippen LogP contribution in [0.2, 0.25) is 0 Å². The molecular weight excluding hydrogens is 422 g/mol. The highest BCUT2D eigenvalue weighted by atomic mass is 32.2. The summed E-state index contributed by atoms with van der Waals surface area (Å²) in [5, 5.41) is 32.5. The second kappa shape index (κ2) is 9.54. The summed E-state index contributed by atoms with van der Waals surface area (Å²) in [6.45, 7) is 5.49. The first-order chi connectivity index (χ1) is 13.8. The summed E-state index contributed by atoms with van der Waals surface area (Å²) < 4.78 is 0. The molecule has 2 aliphatic rings. The minimum absolute atomic E-state index is 0.0764. The van der Waals surface area contributed by atoms with E-state index in [-0.39, 0.29) is 28.8 Å². The number of anilines is 1. The third-order valence-electron chi connectivity index (χ3n) is 3.81. The van der Waals surface area contributed by atoms with Crippen LogP contribution in [0, 0.1) is 0 Å². The molecule has 11 nitrogen and oxygen atoms in total. The molecule has 1 fully saturated rings. The monoisotopic (exact) mass is 441 g/mol. The fraction of sp³-hybridized carbons (Fsp3) is 0.312. The number of hydrogen-bond acceptors (Lipinski definition) is 10. The van der Waals surface area contributed by atoms with E-state index in [0.29, 0.717) is 11.3 Å². The number of oxime groups is 1. The van der Waals surface area contributed by atoms with Gasteiger partial charge in [-0.1, -0.05) is 17.8 Å². The first kappa shape index (κ1) is 22.4. The van der Waals surface area contributed by atoms with Crippen LogP contribution in [-0.4, -0.2) is 72.6 Å². The van der Waals surface area contributed by atoms with E-state index in [1.807, 2.05) is 0 Å². The van der Waals surface area contributed by atoms with E-state index >= 15 is 0 Å². The largest absolute Gasteiger partial charge is 0.477 e. The van der Waals surface area contributed by atoms with Gasteiger partial charge < -0.3 is 26.5 Å². The Morgan fingerprint density at radius 3 is 2.69 bits per heavy atom. The molecule has 29 heavy (non-hydrogen) atoms. The van der Waals surface area contributed by atoms with Gasteiger partial charge in [0.15, 0.2) is 10.8 Å². The van der Waals surface area contributed by atoms with Crippen LogP contribution in [0.3, 0.4) is 0 Å². The highest BCUT2D eigenvalue weighted by Gasteiger charge is 2.54. The molecule has 1 aromatic rings. The summed E-state index contributed by atoms with van der Waals surface area (Å²) in [7, 11) is 0.